The van der Waals surface area contributed by atoms with Gasteiger partial charge in [-0.3, -0.25) is 0 Å². The normalized spacial score (nSPS) is 14.9. The van der Waals surface area contributed by atoms with Crippen molar-refractivity contribution in [3.8, 4) is 44.5 Å². The zero-order chi connectivity index (χ0) is 32.6. The molecule has 0 bridgehead atoms. The van der Waals surface area contributed by atoms with Crippen molar-refractivity contribution in [3.63, 3.8) is 0 Å². The van der Waals surface area contributed by atoms with Gasteiger partial charge in [-0.05, 0) is 114 Å². The van der Waals surface area contributed by atoms with Crippen molar-refractivity contribution in [2.24, 2.45) is 0 Å². The van der Waals surface area contributed by atoms with Crippen LogP contribution < -0.4 is 0 Å². The minimum Gasteiger partial charge on any atom is -0.0642 e. The summed E-state index contributed by atoms with van der Waals surface area (Å²) in [6.07, 6.45) is 4.30. The van der Waals surface area contributed by atoms with Gasteiger partial charge in [0, 0.05) is 10.8 Å². The second-order valence-electron chi connectivity index (χ2n) is 14.0. The molecule has 0 nitrogen and oxygen atoms in total. The molecule has 2 aliphatic carbocycles. The highest BCUT2D eigenvalue weighted by Crippen LogP contribution is 2.59. The van der Waals surface area contributed by atoms with Crippen LogP contribution in [-0.4, -0.2) is 0 Å². The third-order valence-corrected chi connectivity index (χ3v) is 12.4. The summed E-state index contributed by atoms with van der Waals surface area (Å²) in [5.74, 6) is 0. The Bertz CT molecular complexity index is 2170. The molecule has 0 saturated heterocycles. The summed E-state index contributed by atoms with van der Waals surface area (Å²) < 4.78 is 0. The molecule has 0 aromatic heterocycles. The van der Waals surface area contributed by atoms with E-state index in [1.807, 2.05) is 0 Å². The molecule has 7 aromatic rings. The lowest BCUT2D eigenvalue weighted by atomic mass is 9.70. The minimum atomic E-state index is -0.0166. The van der Waals surface area contributed by atoms with E-state index in [1.54, 1.807) is 0 Å². The lowest BCUT2D eigenvalue weighted by Crippen LogP contribution is -2.24. The number of rotatable bonds is 6. The van der Waals surface area contributed by atoms with Crippen LogP contribution in [0.15, 0.2) is 133 Å². The Hall–Kier alpha value is -4.94. The Labute approximate surface area is 285 Å². The number of benzene rings is 7. The van der Waals surface area contributed by atoms with Gasteiger partial charge >= 0.3 is 0 Å². The molecule has 7 aromatic carbocycles. The van der Waals surface area contributed by atoms with Crippen molar-refractivity contribution < 1.29 is 0 Å². The van der Waals surface area contributed by atoms with Gasteiger partial charge in [-0.1, -0.05) is 161 Å². The van der Waals surface area contributed by atoms with E-state index in [-0.39, 0.29) is 10.8 Å². The molecule has 0 radical (unpaired) electrons. The molecule has 48 heavy (non-hydrogen) atoms. The summed E-state index contributed by atoms with van der Waals surface area (Å²) in [6.45, 7) is 9.53. The van der Waals surface area contributed by atoms with E-state index in [0.717, 1.165) is 25.7 Å². The molecule has 0 heterocycles. The van der Waals surface area contributed by atoms with Crippen molar-refractivity contribution in [2.75, 3.05) is 0 Å². The predicted molar refractivity (Wildman–Crippen MR) is 206 cm³/mol. The third-order valence-electron chi connectivity index (χ3n) is 12.4. The molecule has 2 aliphatic rings. The Morgan fingerprint density at radius 2 is 0.604 bits per heavy atom. The van der Waals surface area contributed by atoms with Gasteiger partial charge < -0.3 is 0 Å². The quantitative estimate of drug-likeness (QED) is 0.163. The summed E-state index contributed by atoms with van der Waals surface area (Å²) in [5.41, 5.74) is 17.1. The van der Waals surface area contributed by atoms with Gasteiger partial charge in [-0.25, -0.2) is 0 Å². The first kappa shape index (κ1) is 29.2. The van der Waals surface area contributed by atoms with E-state index >= 15 is 0 Å². The zero-order valence-corrected chi connectivity index (χ0v) is 28.5. The van der Waals surface area contributed by atoms with E-state index in [9.17, 15) is 0 Å². The predicted octanol–water partition coefficient (Wildman–Crippen LogP) is 13.5. The molecule has 0 aliphatic heterocycles. The van der Waals surface area contributed by atoms with Gasteiger partial charge in [0.15, 0.2) is 0 Å². The molecular weight excluding hydrogens is 577 g/mol. The third kappa shape index (κ3) is 3.61. The molecule has 0 unspecified atom stereocenters. The van der Waals surface area contributed by atoms with Crippen LogP contribution in [0.4, 0.5) is 0 Å². The van der Waals surface area contributed by atoms with Crippen molar-refractivity contribution in [3.05, 3.63) is 156 Å². The van der Waals surface area contributed by atoms with Gasteiger partial charge in [0.25, 0.3) is 0 Å². The maximum atomic E-state index is 2.41. The van der Waals surface area contributed by atoms with Crippen molar-refractivity contribution in [2.45, 2.75) is 64.2 Å². The number of hydrogen-bond donors (Lipinski definition) is 0. The maximum absolute atomic E-state index is 2.41. The van der Waals surface area contributed by atoms with Crippen LogP contribution in [0.3, 0.4) is 0 Å². The largest absolute Gasteiger partial charge is 0.0642 e. The molecule has 0 saturated carbocycles. The van der Waals surface area contributed by atoms with Crippen LogP contribution in [0.25, 0.3) is 66.1 Å². The van der Waals surface area contributed by atoms with Crippen molar-refractivity contribution >= 4 is 21.5 Å². The average Bonchev–Trinajstić information content (AvgIpc) is 3.62. The summed E-state index contributed by atoms with van der Waals surface area (Å²) in [5, 5.41) is 5.35. The number of fused-ring (bicyclic) bond motifs is 8. The van der Waals surface area contributed by atoms with Crippen LogP contribution in [0.2, 0.25) is 0 Å². The summed E-state index contributed by atoms with van der Waals surface area (Å²) in [4.78, 5) is 0. The smallest absolute Gasteiger partial charge is 0.0216 e. The van der Waals surface area contributed by atoms with Gasteiger partial charge in [0.2, 0.25) is 0 Å². The van der Waals surface area contributed by atoms with Crippen molar-refractivity contribution in [1.29, 1.82) is 0 Å². The Morgan fingerprint density at radius 3 is 0.958 bits per heavy atom. The highest BCUT2D eigenvalue weighted by molar-refractivity contribution is 6.22. The molecule has 0 amide bonds. The molecule has 9 rings (SSSR count). The first-order chi connectivity index (χ1) is 23.6. The fourth-order valence-corrected chi connectivity index (χ4v) is 10.2. The van der Waals surface area contributed by atoms with E-state index in [0.29, 0.717) is 0 Å². The summed E-state index contributed by atoms with van der Waals surface area (Å²) in [6, 6.07) is 50.9. The SMILES string of the molecule is CCC1(CC)c2ccccc2-c2cccc(-c3c4ccccc4c(-c4cccc5c4C(CC)(CC)c4ccccc4-5)c4ccccc34)c21. The van der Waals surface area contributed by atoms with E-state index < -0.39 is 0 Å². The minimum absolute atomic E-state index is 0.0166. The number of hydrogen-bond acceptors (Lipinski definition) is 0. The second-order valence-corrected chi connectivity index (χ2v) is 14.0. The van der Waals surface area contributed by atoms with E-state index in [1.165, 1.54) is 88.3 Å². The first-order valence-corrected chi connectivity index (χ1v) is 18.0. The zero-order valence-electron chi connectivity index (χ0n) is 28.5. The molecule has 0 N–H and O–H groups in total. The topological polar surface area (TPSA) is 0 Å². The Balaban J connectivity index is 1.42. The van der Waals surface area contributed by atoms with Gasteiger partial charge in [0.1, 0.15) is 0 Å². The van der Waals surface area contributed by atoms with Crippen molar-refractivity contribution in [1.82, 2.24) is 0 Å². The standard InChI is InChI=1S/C48H42/c1-5-47(6-2)41-29-15-13-19-31(41)37-25-17-27-39(45(37)47)43-33-21-9-11-23-35(33)44(36-24-12-10-22-34(36)43)40-28-18-26-38-32-20-14-16-30-42(32)48(7-3,8-4)46(38)40/h9-30H,5-8H2,1-4H3. The second kappa shape index (κ2) is 10.8. The highest BCUT2D eigenvalue weighted by atomic mass is 14.5. The first-order valence-electron chi connectivity index (χ1n) is 18.0. The Kier molecular flexibility index (Phi) is 6.57. The van der Waals surface area contributed by atoms with Crippen LogP contribution >= 0.6 is 0 Å². The highest BCUT2D eigenvalue weighted by Gasteiger charge is 2.44. The van der Waals surface area contributed by atoms with E-state index in [4.69, 9.17) is 0 Å². The fourth-order valence-electron chi connectivity index (χ4n) is 10.2. The molecule has 0 heteroatoms. The van der Waals surface area contributed by atoms with Gasteiger partial charge in [-0.2, -0.15) is 0 Å². The summed E-state index contributed by atoms with van der Waals surface area (Å²) in [7, 11) is 0. The molecule has 234 valence electrons. The molecule has 0 atom stereocenters. The Morgan fingerprint density at radius 1 is 0.312 bits per heavy atom. The fraction of sp³-hybridized carbons (Fsp3) is 0.208. The maximum Gasteiger partial charge on any atom is 0.0216 e. The molecular formula is C48H42. The average molecular weight is 619 g/mol. The molecule has 0 fully saturated rings. The monoisotopic (exact) mass is 618 g/mol. The van der Waals surface area contributed by atoms with Crippen LogP contribution in [0, 0.1) is 0 Å². The molecule has 0 spiro atoms. The summed E-state index contributed by atoms with van der Waals surface area (Å²) >= 11 is 0. The van der Waals surface area contributed by atoms with Crippen LogP contribution in [0.5, 0.6) is 0 Å². The lowest BCUT2D eigenvalue weighted by molar-refractivity contribution is 0.491. The van der Waals surface area contributed by atoms with Gasteiger partial charge in [-0.15, -0.1) is 0 Å². The van der Waals surface area contributed by atoms with Gasteiger partial charge in [0.05, 0.1) is 0 Å². The van der Waals surface area contributed by atoms with E-state index in [2.05, 4.69) is 161 Å². The van der Waals surface area contributed by atoms with Crippen LogP contribution in [0.1, 0.15) is 75.6 Å². The van der Waals surface area contributed by atoms with Crippen LogP contribution in [-0.2, 0) is 10.8 Å². The lowest BCUT2D eigenvalue weighted by Gasteiger charge is -2.33.